The standard InChI is InChI=1S/C12H11BrF3N3/c1-2-9-10(13)12(19-18-9)17-5-6-3-7(14)11(16)8(15)4-6/h3-4H,2,5H2,1H3,(H2,17,18,19). The number of hydrogen-bond acceptors (Lipinski definition) is 2. The highest BCUT2D eigenvalue weighted by atomic mass is 79.9. The number of nitrogens with one attached hydrogen (secondary N) is 2. The molecule has 0 spiro atoms. The van der Waals surface area contributed by atoms with Gasteiger partial charge in [-0.3, -0.25) is 5.10 Å². The molecule has 1 aromatic carbocycles. The van der Waals surface area contributed by atoms with Crippen molar-refractivity contribution in [1.29, 1.82) is 0 Å². The number of halogens is 4. The average Bonchev–Trinajstić information content (AvgIpc) is 2.74. The quantitative estimate of drug-likeness (QED) is 0.836. The number of hydrogen-bond donors (Lipinski definition) is 2. The fraction of sp³-hybridized carbons (Fsp3) is 0.250. The van der Waals surface area contributed by atoms with Gasteiger partial charge in [-0.05, 0) is 40.0 Å². The van der Waals surface area contributed by atoms with E-state index in [2.05, 4.69) is 31.4 Å². The molecule has 1 aromatic heterocycles. The predicted octanol–water partition coefficient (Wildman–Crippen LogP) is 3.76. The van der Waals surface area contributed by atoms with Crippen LogP contribution in [0.5, 0.6) is 0 Å². The number of aromatic nitrogens is 2. The number of benzene rings is 1. The van der Waals surface area contributed by atoms with Crippen LogP contribution in [0.3, 0.4) is 0 Å². The Hall–Kier alpha value is -1.50. The van der Waals surface area contributed by atoms with E-state index in [1.54, 1.807) is 0 Å². The first kappa shape index (κ1) is 13.9. The summed E-state index contributed by atoms with van der Waals surface area (Å²) in [5.74, 6) is -3.32. The molecule has 0 aliphatic heterocycles. The van der Waals surface area contributed by atoms with Gasteiger partial charge in [-0.1, -0.05) is 6.92 Å². The Morgan fingerprint density at radius 1 is 1.26 bits per heavy atom. The van der Waals surface area contributed by atoms with E-state index in [-0.39, 0.29) is 6.54 Å². The van der Waals surface area contributed by atoms with Gasteiger partial charge >= 0.3 is 0 Å². The molecular weight excluding hydrogens is 323 g/mol. The third-order valence-corrected chi connectivity index (χ3v) is 3.49. The molecule has 7 heteroatoms. The van der Waals surface area contributed by atoms with Crippen LogP contribution in [-0.4, -0.2) is 10.2 Å². The van der Waals surface area contributed by atoms with Gasteiger partial charge in [0.15, 0.2) is 23.3 Å². The lowest BCUT2D eigenvalue weighted by Crippen LogP contribution is -2.03. The van der Waals surface area contributed by atoms with E-state index < -0.39 is 17.5 Å². The van der Waals surface area contributed by atoms with Crippen molar-refractivity contribution >= 4 is 21.7 Å². The van der Waals surface area contributed by atoms with Crippen molar-refractivity contribution in [3.8, 4) is 0 Å². The zero-order chi connectivity index (χ0) is 14.0. The molecule has 0 aliphatic carbocycles. The molecule has 0 fully saturated rings. The van der Waals surface area contributed by atoms with Crippen LogP contribution in [0.25, 0.3) is 0 Å². The van der Waals surface area contributed by atoms with E-state index in [4.69, 9.17) is 0 Å². The number of nitrogens with zero attached hydrogens (tertiary/aromatic N) is 1. The topological polar surface area (TPSA) is 40.7 Å². The lowest BCUT2D eigenvalue weighted by molar-refractivity contribution is 0.445. The van der Waals surface area contributed by atoms with Crippen LogP contribution < -0.4 is 5.32 Å². The number of rotatable bonds is 4. The maximum Gasteiger partial charge on any atom is 0.194 e. The minimum atomic E-state index is -1.46. The number of aromatic amines is 1. The molecule has 0 unspecified atom stereocenters. The summed E-state index contributed by atoms with van der Waals surface area (Å²) >= 11 is 3.36. The zero-order valence-corrected chi connectivity index (χ0v) is 11.6. The highest BCUT2D eigenvalue weighted by Gasteiger charge is 2.12. The first-order valence-corrected chi connectivity index (χ1v) is 6.42. The number of aryl methyl sites for hydroxylation is 1. The Balaban J connectivity index is 2.12. The van der Waals surface area contributed by atoms with E-state index in [1.165, 1.54) is 0 Å². The SMILES string of the molecule is CCc1[nH]nc(NCc2cc(F)c(F)c(F)c2)c1Br. The number of H-pyrrole nitrogens is 1. The van der Waals surface area contributed by atoms with Gasteiger partial charge in [0.25, 0.3) is 0 Å². The molecule has 1 heterocycles. The van der Waals surface area contributed by atoms with E-state index in [0.29, 0.717) is 11.4 Å². The molecule has 0 amide bonds. The van der Waals surface area contributed by atoms with Crippen LogP contribution in [0.15, 0.2) is 16.6 Å². The highest BCUT2D eigenvalue weighted by molar-refractivity contribution is 9.10. The molecular formula is C12H11BrF3N3. The Morgan fingerprint density at radius 2 is 1.89 bits per heavy atom. The van der Waals surface area contributed by atoms with Crippen molar-refractivity contribution in [3.05, 3.63) is 45.3 Å². The Kier molecular flexibility index (Phi) is 4.14. The maximum absolute atomic E-state index is 13.0. The van der Waals surface area contributed by atoms with Gasteiger partial charge in [-0.15, -0.1) is 0 Å². The van der Waals surface area contributed by atoms with Crippen molar-refractivity contribution in [3.63, 3.8) is 0 Å². The van der Waals surface area contributed by atoms with Crippen LogP contribution in [0, 0.1) is 17.5 Å². The van der Waals surface area contributed by atoms with Gasteiger partial charge in [0.1, 0.15) is 0 Å². The second kappa shape index (κ2) is 5.64. The maximum atomic E-state index is 13.0. The van der Waals surface area contributed by atoms with Gasteiger partial charge in [0, 0.05) is 6.54 Å². The third kappa shape index (κ3) is 2.91. The molecule has 0 atom stereocenters. The van der Waals surface area contributed by atoms with Crippen LogP contribution >= 0.6 is 15.9 Å². The van der Waals surface area contributed by atoms with Gasteiger partial charge in [-0.25, -0.2) is 13.2 Å². The second-order valence-electron chi connectivity index (χ2n) is 3.95. The fourth-order valence-electron chi connectivity index (χ4n) is 1.61. The average molecular weight is 334 g/mol. The predicted molar refractivity (Wildman–Crippen MR) is 69.3 cm³/mol. The molecule has 2 aromatic rings. The molecule has 2 rings (SSSR count). The monoisotopic (exact) mass is 333 g/mol. The zero-order valence-electron chi connectivity index (χ0n) is 10.0. The van der Waals surface area contributed by atoms with Crippen LogP contribution in [0.2, 0.25) is 0 Å². The molecule has 0 radical (unpaired) electrons. The summed E-state index contributed by atoms with van der Waals surface area (Å²) in [5, 5.41) is 9.76. The van der Waals surface area contributed by atoms with Crippen molar-refractivity contribution in [2.24, 2.45) is 0 Å². The summed E-state index contributed by atoms with van der Waals surface area (Å²) in [6.07, 6.45) is 0.773. The molecule has 2 N–H and O–H groups in total. The summed E-state index contributed by atoms with van der Waals surface area (Å²) in [6, 6.07) is 1.90. The molecule has 3 nitrogen and oxygen atoms in total. The largest absolute Gasteiger partial charge is 0.364 e. The summed E-state index contributed by atoms with van der Waals surface area (Å²) in [7, 11) is 0. The van der Waals surface area contributed by atoms with E-state index >= 15 is 0 Å². The van der Waals surface area contributed by atoms with Gasteiger partial charge < -0.3 is 5.32 Å². The molecule has 19 heavy (non-hydrogen) atoms. The Bertz CT molecular complexity index is 575. The minimum Gasteiger partial charge on any atom is -0.364 e. The normalized spacial score (nSPS) is 10.8. The summed E-state index contributed by atoms with van der Waals surface area (Å²) in [6.45, 7) is 2.10. The van der Waals surface area contributed by atoms with Crippen LogP contribution in [0.4, 0.5) is 19.0 Å². The van der Waals surface area contributed by atoms with Crippen molar-refractivity contribution < 1.29 is 13.2 Å². The summed E-state index contributed by atoms with van der Waals surface area (Å²) in [4.78, 5) is 0. The first-order valence-electron chi connectivity index (χ1n) is 5.63. The molecule has 0 saturated heterocycles. The minimum absolute atomic E-state index is 0.140. The van der Waals surface area contributed by atoms with Crippen LogP contribution in [-0.2, 0) is 13.0 Å². The van der Waals surface area contributed by atoms with Crippen molar-refractivity contribution in [2.45, 2.75) is 19.9 Å². The second-order valence-corrected chi connectivity index (χ2v) is 4.74. The summed E-state index contributed by atoms with van der Waals surface area (Å²) < 4.78 is 39.6. The fourth-order valence-corrected chi connectivity index (χ4v) is 2.21. The molecule has 0 saturated carbocycles. The highest BCUT2D eigenvalue weighted by Crippen LogP contribution is 2.24. The van der Waals surface area contributed by atoms with Crippen molar-refractivity contribution in [1.82, 2.24) is 10.2 Å². The molecule has 0 bridgehead atoms. The lowest BCUT2D eigenvalue weighted by atomic mass is 10.2. The van der Waals surface area contributed by atoms with E-state index in [9.17, 15) is 13.2 Å². The van der Waals surface area contributed by atoms with Crippen molar-refractivity contribution in [2.75, 3.05) is 5.32 Å². The Labute approximate surface area is 116 Å². The molecule has 102 valence electrons. The Morgan fingerprint density at radius 3 is 2.42 bits per heavy atom. The molecule has 0 aliphatic rings. The van der Waals surface area contributed by atoms with Gasteiger partial charge in [-0.2, -0.15) is 5.10 Å². The number of anilines is 1. The lowest BCUT2D eigenvalue weighted by Gasteiger charge is -2.05. The summed E-state index contributed by atoms with van der Waals surface area (Å²) in [5.41, 5.74) is 1.21. The third-order valence-electron chi connectivity index (χ3n) is 2.63. The first-order chi connectivity index (χ1) is 9.02. The van der Waals surface area contributed by atoms with E-state index in [1.807, 2.05) is 6.92 Å². The smallest absolute Gasteiger partial charge is 0.194 e. The van der Waals surface area contributed by atoms with Gasteiger partial charge in [0.05, 0.1) is 10.2 Å². The van der Waals surface area contributed by atoms with Crippen LogP contribution in [0.1, 0.15) is 18.2 Å². The van der Waals surface area contributed by atoms with E-state index in [0.717, 1.165) is 28.7 Å². The van der Waals surface area contributed by atoms with Gasteiger partial charge in [0.2, 0.25) is 0 Å².